The largest absolute Gasteiger partial charge is 0.724 e. The normalized spacial score (nSPS) is 12.6. The third-order valence-electron chi connectivity index (χ3n) is 4.93. The summed E-state index contributed by atoms with van der Waals surface area (Å²) in [6.45, 7) is 1.96. The molecule has 0 atom stereocenters. The lowest BCUT2D eigenvalue weighted by Gasteiger charge is -2.35. The van der Waals surface area contributed by atoms with Gasteiger partial charge in [-0.1, -0.05) is 78.9 Å². The highest BCUT2D eigenvalue weighted by Crippen LogP contribution is 2.31. The molecule has 1 heterocycles. The van der Waals surface area contributed by atoms with E-state index in [0.29, 0.717) is 16.5 Å². The third kappa shape index (κ3) is 4.29. The third-order valence-corrected chi connectivity index (χ3v) is 4.93. The fourth-order valence-electron chi connectivity index (χ4n) is 3.46. The first kappa shape index (κ1) is 19.5. The smallest absolute Gasteiger partial charge is 0.414 e. The van der Waals surface area contributed by atoms with Crippen LogP contribution in [0.5, 0.6) is 0 Å². The molecule has 0 unspecified atom stereocenters. The summed E-state index contributed by atoms with van der Waals surface area (Å²) in [6, 6.07) is 25.1. The van der Waals surface area contributed by atoms with E-state index in [0.717, 1.165) is 16.7 Å². The van der Waals surface area contributed by atoms with Gasteiger partial charge in [-0.3, -0.25) is 10.5 Å². The van der Waals surface area contributed by atoms with Gasteiger partial charge in [0.1, 0.15) is 6.61 Å². The Morgan fingerprint density at radius 1 is 1.00 bits per heavy atom. The average molecular weight is 401 g/mol. The van der Waals surface area contributed by atoms with Gasteiger partial charge in [0.2, 0.25) is 5.88 Å². The molecule has 3 aromatic rings. The topological polar surface area (TPSA) is 73.9 Å². The van der Waals surface area contributed by atoms with E-state index >= 15 is 0 Å². The molecular formula is C24H21N2O4-. The summed E-state index contributed by atoms with van der Waals surface area (Å²) in [7, 11) is 0. The SMILES string of the molecule is Cc1cccc2c1N([O-])OC(NC(=O)OCC(c1ccccc1)c1ccccc1)=C2. The molecule has 6 heteroatoms. The van der Waals surface area contributed by atoms with Crippen molar-refractivity contribution in [3.63, 3.8) is 0 Å². The van der Waals surface area contributed by atoms with Crippen LogP contribution in [0.2, 0.25) is 0 Å². The minimum Gasteiger partial charge on any atom is -0.724 e. The fourth-order valence-corrected chi connectivity index (χ4v) is 3.46. The van der Waals surface area contributed by atoms with Gasteiger partial charge in [-0.25, -0.2) is 4.79 Å². The number of rotatable bonds is 5. The minimum atomic E-state index is -0.692. The summed E-state index contributed by atoms with van der Waals surface area (Å²) in [6.07, 6.45) is 0.909. The number of para-hydroxylation sites is 1. The summed E-state index contributed by atoms with van der Waals surface area (Å²) >= 11 is 0. The molecule has 0 radical (unpaired) electrons. The van der Waals surface area contributed by atoms with Gasteiger partial charge in [0.15, 0.2) is 0 Å². The van der Waals surface area contributed by atoms with E-state index in [1.807, 2.05) is 79.7 Å². The number of aryl methyl sites for hydroxylation is 1. The first-order valence-corrected chi connectivity index (χ1v) is 9.62. The van der Waals surface area contributed by atoms with Gasteiger partial charge in [0.25, 0.3) is 0 Å². The summed E-state index contributed by atoms with van der Waals surface area (Å²) in [5.74, 6) is -0.0946. The summed E-state index contributed by atoms with van der Waals surface area (Å²) < 4.78 is 5.47. The Labute approximate surface area is 174 Å². The molecule has 152 valence electrons. The second-order valence-corrected chi connectivity index (χ2v) is 6.97. The van der Waals surface area contributed by atoms with Gasteiger partial charge in [0, 0.05) is 17.6 Å². The molecule has 30 heavy (non-hydrogen) atoms. The van der Waals surface area contributed by atoms with Crippen molar-refractivity contribution in [3.8, 4) is 0 Å². The predicted octanol–water partition coefficient (Wildman–Crippen LogP) is 5.10. The Bertz CT molecular complexity index is 1010. The number of anilines is 1. The lowest BCUT2D eigenvalue weighted by molar-refractivity contribution is 0.129. The molecule has 0 bridgehead atoms. The van der Waals surface area contributed by atoms with Crippen molar-refractivity contribution >= 4 is 17.9 Å². The minimum absolute atomic E-state index is 0.0177. The molecular weight excluding hydrogens is 380 g/mol. The number of fused-ring (bicyclic) bond motifs is 1. The molecule has 0 saturated carbocycles. The van der Waals surface area contributed by atoms with E-state index in [-0.39, 0.29) is 18.4 Å². The molecule has 6 nitrogen and oxygen atoms in total. The highest BCUT2D eigenvalue weighted by atomic mass is 16.9. The molecule has 0 aromatic heterocycles. The maximum atomic E-state index is 12.4. The van der Waals surface area contributed by atoms with Crippen molar-refractivity contribution in [2.45, 2.75) is 12.8 Å². The van der Waals surface area contributed by atoms with Gasteiger partial charge >= 0.3 is 6.09 Å². The number of hydrogen-bond acceptors (Lipinski definition) is 5. The standard InChI is InChI=1S/C24H21N2O4/c1-17-9-8-14-20-15-22(30-26(28)23(17)20)25-24(27)29-16-21(18-10-4-2-5-11-18)19-12-6-3-7-13-19/h2-15,21H,16H2,1H3,(H,25,27)/q-1. The second-order valence-electron chi connectivity index (χ2n) is 6.97. The van der Waals surface area contributed by atoms with Crippen LogP contribution in [0.4, 0.5) is 10.5 Å². The van der Waals surface area contributed by atoms with Crippen LogP contribution < -0.4 is 10.5 Å². The number of ether oxygens (including phenoxy) is 1. The van der Waals surface area contributed by atoms with Gasteiger partial charge in [-0.2, -0.15) is 0 Å². The highest BCUT2D eigenvalue weighted by Gasteiger charge is 2.20. The summed E-state index contributed by atoms with van der Waals surface area (Å²) in [5.41, 5.74) is 3.95. The van der Waals surface area contributed by atoms with Crippen molar-refractivity contribution in [2.24, 2.45) is 0 Å². The number of nitrogens with one attached hydrogen (secondary N) is 1. The molecule has 1 aliphatic rings. The van der Waals surface area contributed by atoms with Crippen LogP contribution in [0.25, 0.3) is 6.08 Å². The van der Waals surface area contributed by atoms with Crippen molar-refractivity contribution in [3.05, 3.63) is 112 Å². The van der Waals surface area contributed by atoms with Crippen molar-refractivity contribution < 1.29 is 14.4 Å². The van der Waals surface area contributed by atoms with Gasteiger partial charge in [0.05, 0.1) is 5.69 Å². The number of amides is 1. The van der Waals surface area contributed by atoms with Crippen LogP contribution in [0, 0.1) is 12.1 Å². The monoisotopic (exact) mass is 401 g/mol. The first-order valence-electron chi connectivity index (χ1n) is 9.62. The Morgan fingerprint density at radius 2 is 1.63 bits per heavy atom. The fraction of sp³-hybridized carbons (Fsp3) is 0.125. The van der Waals surface area contributed by atoms with E-state index in [9.17, 15) is 10.0 Å². The molecule has 1 aliphatic heterocycles. The van der Waals surface area contributed by atoms with Crippen molar-refractivity contribution in [2.75, 3.05) is 11.8 Å². The van der Waals surface area contributed by atoms with Gasteiger partial charge < -0.3 is 14.8 Å². The van der Waals surface area contributed by atoms with E-state index in [1.165, 1.54) is 0 Å². The first-order chi connectivity index (χ1) is 14.6. The lowest BCUT2D eigenvalue weighted by atomic mass is 9.92. The van der Waals surface area contributed by atoms with Crippen LogP contribution in [0.1, 0.15) is 28.2 Å². The Hall–Kier alpha value is -3.77. The maximum absolute atomic E-state index is 12.4. The van der Waals surface area contributed by atoms with Crippen LogP contribution in [-0.2, 0) is 9.57 Å². The van der Waals surface area contributed by atoms with E-state index in [2.05, 4.69) is 5.32 Å². The number of benzene rings is 3. The van der Waals surface area contributed by atoms with Gasteiger partial charge in [-0.15, -0.1) is 0 Å². The summed E-state index contributed by atoms with van der Waals surface area (Å²) in [5, 5.41) is 15.1. The quantitative estimate of drug-likeness (QED) is 0.644. The lowest BCUT2D eigenvalue weighted by Crippen LogP contribution is -2.32. The zero-order valence-corrected chi connectivity index (χ0v) is 16.4. The molecule has 0 spiro atoms. The molecule has 4 rings (SSSR count). The van der Waals surface area contributed by atoms with Gasteiger partial charge in [-0.05, 0) is 23.6 Å². The van der Waals surface area contributed by atoms with Crippen LogP contribution in [0.3, 0.4) is 0 Å². The van der Waals surface area contributed by atoms with Crippen molar-refractivity contribution in [1.82, 2.24) is 5.32 Å². The number of nitrogens with zero attached hydrogens (tertiary/aromatic N) is 1. The maximum Gasteiger partial charge on any atom is 0.414 e. The second kappa shape index (κ2) is 8.71. The number of carbonyl (C=O) groups is 1. The number of carbonyl (C=O) groups excluding carboxylic acids is 1. The highest BCUT2D eigenvalue weighted by molar-refractivity contribution is 5.77. The zero-order valence-electron chi connectivity index (χ0n) is 16.4. The molecule has 0 saturated heterocycles. The molecule has 0 aliphatic carbocycles. The molecule has 1 N–H and O–H groups in total. The Kier molecular flexibility index (Phi) is 5.68. The molecule has 3 aromatic carbocycles. The van der Waals surface area contributed by atoms with Crippen LogP contribution in [-0.4, -0.2) is 12.7 Å². The Morgan fingerprint density at radius 3 is 2.27 bits per heavy atom. The summed E-state index contributed by atoms with van der Waals surface area (Å²) in [4.78, 5) is 17.6. The molecule has 1 amide bonds. The number of alkyl carbamates (subject to hydrolysis) is 1. The number of hydrogen-bond donors (Lipinski definition) is 1. The zero-order chi connectivity index (χ0) is 20.9. The van der Waals surface area contributed by atoms with E-state index in [4.69, 9.17) is 9.57 Å². The van der Waals surface area contributed by atoms with Crippen LogP contribution >= 0.6 is 0 Å². The average Bonchev–Trinajstić information content (AvgIpc) is 2.75. The predicted molar refractivity (Wildman–Crippen MR) is 115 cm³/mol. The van der Waals surface area contributed by atoms with Crippen molar-refractivity contribution in [1.29, 1.82) is 0 Å². The van der Waals surface area contributed by atoms with E-state index < -0.39 is 6.09 Å². The van der Waals surface area contributed by atoms with E-state index in [1.54, 1.807) is 12.1 Å². The molecule has 0 fully saturated rings. The Balaban J connectivity index is 1.46. The van der Waals surface area contributed by atoms with Crippen LogP contribution in [0.15, 0.2) is 84.7 Å².